The third-order valence-corrected chi connectivity index (χ3v) is 2.17. The zero-order valence-electron chi connectivity index (χ0n) is 10.5. The molecule has 17 heavy (non-hydrogen) atoms. The minimum absolute atomic E-state index is 0. The Bertz CT molecular complexity index is 297. The molecule has 1 fully saturated rings. The fraction of sp³-hybridized carbons (Fsp3) is 0.800. The van der Waals surface area contributed by atoms with Gasteiger partial charge in [-0.25, -0.2) is 9.59 Å². The molecule has 0 aromatic carbocycles. The average Bonchev–Trinajstić information content (AvgIpc) is 2.07. The third kappa shape index (κ3) is 4.05. The maximum atomic E-state index is 11.5. The van der Waals surface area contributed by atoms with E-state index in [-0.39, 0.29) is 12.4 Å². The van der Waals surface area contributed by atoms with E-state index in [0.717, 1.165) is 0 Å². The van der Waals surface area contributed by atoms with Crippen molar-refractivity contribution in [3.8, 4) is 0 Å². The summed E-state index contributed by atoms with van der Waals surface area (Å²) in [6.07, 6.45) is -0.612. The standard InChI is InChI=1S/C10H18N2O4.ClH/c1-9(2,3)16-8(14)12-10(5-11-6-10)7(13)15-4;/h11H,5-6H2,1-4H3,(H,12,14);1H. The van der Waals surface area contributed by atoms with Crippen molar-refractivity contribution in [2.75, 3.05) is 20.2 Å². The van der Waals surface area contributed by atoms with Crippen LogP contribution >= 0.6 is 12.4 Å². The first-order chi connectivity index (χ1) is 7.29. The van der Waals surface area contributed by atoms with Gasteiger partial charge in [0, 0.05) is 13.1 Å². The summed E-state index contributed by atoms with van der Waals surface area (Å²) < 4.78 is 9.72. The first-order valence-electron chi connectivity index (χ1n) is 5.09. The summed E-state index contributed by atoms with van der Waals surface area (Å²) in [4.78, 5) is 23.0. The lowest BCUT2D eigenvalue weighted by molar-refractivity contribution is -0.150. The highest BCUT2D eigenvalue weighted by molar-refractivity contribution is 5.87. The molecule has 7 heteroatoms. The maximum absolute atomic E-state index is 11.5. The fourth-order valence-electron chi connectivity index (χ4n) is 1.35. The van der Waals surface area contributed by atoms with Crippen LogP contribution in [0.3, 0.4) is 0 Å². The van der Waals surface area contributed by atoms with Gasteiger partial charge in [0.05, 0.1) is 7.11 Å². The van der Waals surface area contributed by atoms with Gasteiger partial charge in [-0.1, -0.05) is 0 Å². The zero-order chi connectivity index (χ0) is 12.4. The predicted octanol–water partition coefficient (Wildman–Crippen LogP) is 0.448. The first kappa shape index (κ1) is 16.0. The monoisotopic (exact) mass is 266 g/mol. The second-order valence-corrected chi connectivity index (χ2v) is 4.80. The van der Waals surface area contributed by atoms with Crippen molar-refractivity contribution in [1.29, 1.82) is 0 Å². The summed E-state index contributed by atoms with van der Waals surface area (Å²) in [6.45, 7) is 6.00. The van der Waals surface area contributed by atoms with Gasteiger partial charge in [0.15, 0.2) is 5.54 Å². The molecule has 0 radical (unpaired) electrons. The van der Waals surface area contributed by atoms with E-state index in [9.17, 15) is 9.59 Å². The van der Waals surface area contributed by atoms with Crippen LogP contribution in [0.5, 0.6) is 0 Å². The van der Waals surface area contributed by atoms with Gasteiger partial charge in [0.2, 0.25) is 0 Å². The predicted molar refractivity (Wildman–Crippen MR) is 64.2 cm³/mol. The number of alkyl carbamates (subject to hydrolysis) is 1. The number of carbonyl (C=O) groups is 2. The van der Waals surface area contributed by atoms with E-state index in [1.165, 1.54) is 7.11 Å². The number of nitrogens with one attached hydrogen (secondary N) is 2. The van der Waals surface area contributed by atoms with Crippen LogP contribution in [-0.4, -0.2) is 43.4 Å². The Morgan fingerprint density at radius 2 is 1.82 bits per heavy atom. The van der Waals surface area contributed by atoms with E-state index in [1.54, 1.807) is 20.8 Å². The molecule has 1 amide bonds. The van der Waals surface area contributed by atoms with Crippen LogP contribution in [0.1, 0.15) is 20.8 Å². The van der Waals surface area contributed by atoms with Crippen LogP contribution in [-0.2, 0) is 14.3 Å². The summed E-state index contributed by atoms with van der Waals surface area (Å²) in [5, 5.41) is 5.45. The maximum Gasteiger partial charge on any atom is 0.408 e. The van der Waals surface area contributed by atoms with Gasteiger partial charge in [0.25, 0.3) is 0 Å². The molecule has 0 spiro atoms. The highest BCUT2D eigenvalue weighted by Gasteiger charge is 2.47. The number of carbonyl (C=O) groups excluding carboxylic acids is 2. The van der Waals surface area contributed by atoms with Crippen molar-refractivity contribution in [3.63, 3.8) is 0 Å². The molecule has 0 aromatic rings. The van der Waals surface area contributed by atoms with Gasteiger partial charge in [-0.2, -0.15) is 0 Å². The van der Waals surface area contributed by atoms with Crippen LogP contribution in [0.15, 0.2) is 0 Å². The van der Waals surface area contributed by atoms with Gasteiger partial charge in [-0.15, -0.1) is 12.4 Å². The Hall–Kier alpha value is -1.01. The molecule has 100 valence electrons. The molecule has 2 N–H and O–H groups in total. The van der Waals surface area contributed by atoms with Crippen molar-refractivity contribution < 1.29 is 19.1 Å². The number of rotatable bonds is 2. The molecular weight excluding hydrogens is 248 g/mol. The minimum atomic E-state index is -0.975. The number of hydrogen-bond acceptors (Lipinski definition) is 5. The molecule has 0 unspecified atom stereocenters. The largest absolute Gasteiger partial charge is 0.467 e. The molecule has 0 saturated carbocycles. The zero-order valence-corrected chi connectivity index (χ0v) is 11.3. The van der Waals surface area contributed by atoms with Crippen LogP contribution in [0.2, 0.25) is 0 Å². The smallest absolute Gasteiger partial charge is 0.408 e. The summed E-state index contributed by atoms with van der Waals surface area (Å²) in [6, 6.07) is 0. The lowest BCUT2D eigenvalue weighted by Gasteiger charge is -2.40. The quantitative estimate of drug-likeness (QED) is 0.710. The van der Waals surface area contributed by atoms with Crippen molar-refractivity contribution in [2.45, 2.75) is 31.9 Å². The van der Waals surface area contributed by atoms with Gasteiger partial charge < -0.3 is 20.1 Å². The van der Waals surface area contributed by atoms with Gasteiger partial charge >= 0.3 is 12.1 Å². The van der Waals surface area contributed by atoms with Crippen molar-refractivity contribution in [1.82, 2.24) is 10.6 Å². The number of amides is 1. The molecule has 0 aliphatic carbocycles. The second-order valence-electron chi connectivity index (χ2n) is 4.80. The van der Waals surface area contributed by atoms with E-state index in [4.69, 9.17) is 4.74 Å². The van der Waals surface area contributed by atoms with Gasteiger partial charge in [-0.3, -0.25) is 0 Å². The van der Waals surface area contributed by atoms with Crippen LogP contribution in [0.25, 0.3) is 0 Å². The molecule has 1 rings (SSSR count). The highest BCUT2D eigenvalue weighted by Crippen LogP contribution is 2.15. The molecule has 6 nitrogen and oxygen atoms in total. The van der Waals surface area contributed by atoms with Gasteiger partial charge in [-0.05, 0) is 20.8 Å². The summed E-state index contributed by atoms with van der Waals surface area (Å²) in [5.74, 6) is -0.461. The number of methoxy groups -OCH3 is 1. The lowest BCUT2D eigenvalue weighted by atomic mass is 9.93. The highest BCUT2D eigenvalue weighted by atomic mass is 35.5. The third-order valence-electron chi connectivity index (χ3n) is 2.17. The number of esters is 1. The van der Waals surface area contributed by atoms with Crippen LogP contribution < -0.4 is 10.6 Å². The van der Waals surface area contributed by atoms with E-state index in [0.29, 0.717) is 13.1 Å². The van der Waals surface area contributed by atoms with Crippen LogP contribution in [0, 0.1) is 0 Å². The summed E-state index contributed by atoms with van der Waals surface area (Å²) >= 11 is 0. The molecule has 1 aliphatic heterocycles. The Morgan fingerprint density at radius 1 is 1.29 bits per heavy atom. The normalized spacial score (nSPS) is 17.2. The minimum Gasteiger partial charge on any atom is -0.467 e. The van der Waals surface area contributed by atoms with Crippen molar-refractivity contribution in [2.24, 2.45) is 0 Å². The Morgan fingerprint density at radius 3 is 2.12 bits per heavy atom. The van der Waals surface area contributed by atoms with Crippen molar-refractivity contribution >= 4 is 24.5 Å². The van der Waals surface area contributed by atoms with Crippen molar-refractivity contribution in [3.05, 3.63) is 0 Å². The molecule has 1 aliphatic rings. The van der Waals surface area contributed by atoms with Crippen LogP contribution in [0.4, 0.5) is 4.79 Å². The van der Waals surface area contributed by atoms with E-state index in [2.05, 4.69) is 15.4 Å². The number of hydrogen-bond donors (Lipinski definition) is 2. The lowest BCUT2D eigenvalue weighted by Crippen LogP contribution is -2.73. The number of halogens is 1. The van der Waals surface area contributed by atoms with E-state index < -0.39 is 23.2 Å². The summed E-state index contributed by atoms with van der Waals surface area (Å²) in [5.41, 5.74) is -1.56. The summed E-state index contributed by atoms with van der Waals surface area (Å²) in [7, 11) is 1.29. The molecule has 0 atom stereocenters. The molecular formula is C10H19ClN2O4. The molecule has 0 aromatic heterocycles. The Balaban J connectivity index is 0.00000256. The van der Waals surface area contributed by atoms with E-state index >= 15 is 0 Å². The Kier molecular flexibility index (Phi) is 5.22. The average molecular weight is 267 g/mol. The van der Waals surface area contributed by atoms with E-state index in [1.807, 2.05) is 0 Å². The molecule has 1 saturated heterocycles. The SMILES string of the molecule is COC(=O)C1(NC(=O)OC(C)(C)C)CNC1.Cl. The van der Waals surface area contributed by atoms with Gasteiger partial charge in [0.1, 0.15) is 5.60 Å². The number of ether oxygens (including phenoxy) is 2. The molecule has 1 heterocycles. The first-order valence-corrected chi connectivity index (χ1v) is 5.09. The fourth-order valence-corrected chi connectivity index (χ4v) is 1.35. The Labute approximate surface area is 107 Å². The molecule has 0 bridgehead atoms. The second kappa shape index (κ2) is 5.55. The topological polar surface area (TPSA) is 76.7 Å².